The van der Waals surface area contributed by atoms with Crippen LogP contribution in [-0.2, 0) is 12.0 Å². The molecular formula is C7H13N5O2. The lowest BCUT2D eigenvalue weighted by molar-refractivity contribution is -0.479. The second-order valence-electron chi connectivity index (χ2n) is 3.97. The van der Waals surface area contributed by atoms with Crippen LogP contribution in [0.1, 0.15) is 26.6 Å². The minimum Gasteiger partial charge on any atom is -0.265 e. The molecule has 1 heterocycles. The molecule has 0 radical (unpaired) electrons. The van der Waals surface area contributed by atoms with E-state index in [1.54, 1.807) is 0 Å². The van der Waals surface area contributed by atoms with E-state index in [1.807, 2.05) is 20.8 Å². The molecule has 0 atom stereocenters. The normalized spacial score (nSPS) is 11.6. The van der Waals surface area contributed by atoms with Crippen molar-refractivity contribution in [1.82, 2.24) is 20.2 Å². The average Bonchev–Trinajstić information content (AvgIpc) is 2.47. The Morgan fingerprint density at radius 1 is 1.50 bits per heavy atom. The molecule has 0 spiro atoms. The number of hydrogen-bond donors (Lipinski definition) is 0. The Morgan fingerprint density at radius 2 is 2.14 bits per heavy atom. The van der Waals surface area contributed by atoms with Gasteiger partial charge in [0.2, 0.25) is 6.54 Å². The van der Waals surface area contributed by atoms with Crippen LogP contribution in [-0.4, -0.2) is 31.7 Å². The first-order valence-electron chi connectivity index (χ1n) is 4.31. The Hall–Kier alpha value is -1.53. The highest BCUT2D eigenvalue weighted by Crippen LogP contribution is 2.08. The fourth-order valence-corrected chi connectivity index (χ4v) is 0.819. The van der Waals surface area contributed by atoms with Crippen LogP contribution in [0, 0.1) is 10.1 Å². The first kappa shape index (κ1) is 10.6. The Bertz CT molecular complexity index is 327. The van der Waals surface area contributed by atoms with E-state index in [0.717, 1.165) is 0 Å². The number of tetrazole rings is 1. The maximum Gasteiger partial charge on any atom is 0.211 e. The Balaban J connectivity index is 2.64. The van der Waals surface area contributed by atoms with Crippen LogP contribution in [0.15, 0.2) is 0 Å². The lowest BCUT2D eigenvalue weighted by Crippen LogP contribution is -2.24. The van der Waals surface area contributed by atoms with Crippen molar-refractivity contribution in [2.24, 2.45) is 0 Å². The zero-order chi connectivity index (χ0) is 10.8. The van der Waals surface area contributed by atoms with Crippen LogP contribution >= 0.6 is 0 Å². The largest absolute Gasteiger partial charge is 0.265 e. The third-order valence-corrected chi connectivity index (χ3v) is 1.57. The second-order valence-corrected chi connectivity index (χ2v) is 3.97. The highest BCUT2D eigenvalue weighted by atomic mass is 16.6. The van der Waals surface area contributed by atoms with Gasteiger partial charge in [0.05, 0.1) is 12.0 Å². The highest BCUT2D eigenvalue weighted by Gasteiger charge is 2.17. The van der Waals surface area contributed by atoms with Gasteiger partial charge in [0.15, 0.2) is 5.82 Å². The molecule has 1 aromatic rings. The van der Waals surface area contributed by atoms with Gasteiger partial charge in [-0.15, -0.1) is 10.2 Å². The molecule has 0 saturated heterocycles. The number of nitro groups is 1. The molecule has 0 amide bonds. The first-order chi connectivity index (χ1) is 6.39. The molecular weight excluding hydrogens is 186 g/mol. The summed E-state index contributed by atoms with van der Waals surface area (Å²) >= 11 is 0. The molecule has 0 aliphatic heterocycles. The minimum atomic E-state index is -0.391. The van der Waals surface area contributed by atoms with Crippen molar-refractivity contribution in [3.05, 3.63) is 15.9 Å². The SMILES string of the molecule is CC(C)(C)n1nnc(CC[N+](=O)[O-])n1. The van der Waals surface area contributed by atoms with Crippen LogP contribution in [0.25, 0.3) is 0 Å². The van der Waals surface area contributed by atoms with Crippen molar-refractivity contribution in [2.45, 2.75) is 32.7 Å². The monoisotopic (exact) mass is 199 g/mol. The predicted octanol–water partition coefficient (Wildman–Crippen LogP) is 0.247. The summed E-state index contributed by atoms with van der Waals surface area (Å²) in [5.41, 5.74) is -0.236. The van der Waals surface area contributed by atoms with Gasteiger partial charge in [-0.1, -0.05) is 0 Å². The van der Waals surface area contributed by atoms with Gasteiger partial charge < -0.3 is 0 Å². The van der Waals surface area contributed by atoms with Crippen molar-refractivity contribution in [2.75, 3.05) is 6.54 Å². The Morgan fingerprint density at radius 3 is 2.57 bits per heavy atom. The number of nitrogens with zero attached hydrogens (tertiary/aromatic N) is 5. The van der Waals surface area contributed by atoms with Gasteiger partial charge in [-0.2, -0.15) is 4.80 Å². The topological polar surface area (TPSA) is 86.7 Å². The summed E-state index contributed by atoms with van der Waals surface area (Å²) in [6.07, 6.45) is 0.225. The van der Waals surface area contributed by atoms with Crippen molar-refractivity contribution < 1.29 is 4.92 Å². The molecule has 1 aromatic heterocycles. The molecule has 0 N–H and O–H groups in total. The lowest BCUT2D eigenvalue weighted by atomic mass is 10.1. The average molecular weight is 199 g/mol. The molecule has 7 heteroatoms. The summed E-state index contributed by atoms with van der Waals surface area (Å²) in [6, 6.07) is 0. The van der Waals surface area contributed by atoms with Crippen LogP contribution in [0.4, 0.5) is 0 Å². The van der Waals surface area contributed by atoms with Gasteiger partial charge in [0.25, 0.3) is 0 Å². The molecule has 1 rings (SSSR count). The van der Waals surface area contributed by atoms with Gasteiger partial charge in [0, 0.05) is 4.92 Å². The van der Waals surface area contributed by atoms with E-state index >= 15 is 0 Å². The van der Waals surface area contributed by atoms with Crippen LogP contribution < -0.4 is 0 Å². The summed E-state index contributed by atoms with van der Waals surface area (Å²) in [4.78, 5) is 11.2. The van der Waals surface area contributed by atoms with Crippen molar-refractivity contribution in [3.8, 4) is 0 Å². The van der Waals surface area contributed by atoms with E-state index in [2.05, 4.69) is 15.4 Å². The molecule has 0 saturated carbocycles. The molecule has 0 unspecified atom stereocenters. The molecule has 0 bridgehead atoms. The first-order valence-corrected chi connectivity index (χ1v) is 4.31. The van der Waals surface area contributed by atoms with Crippen LogP contribution in [0.3, 0.4) is 0 Å². The fraction of sp³-hybridized carbons (Fsp3) is 0.857. The molecule has 0 aliphatic rings. The van der Waals surface area contributed by atoms with Gasteiger partial charge >= 0.3 is 0 Å². The fourth-order valence-electron chi connectivity index (χ4n) is 0.819. The molecule has 0 aromatic carbocycles. The summed E-state index contributed by atoms with van der Waals surface area (Å²) < 4.78 is 0. The number of rotatable bonds is 3. The molecule has 7 nitrogen and oxygen atoms in total. The maximum absolute atomic E-state index is 10.1. The van der Waals surface area contributed by atoms with E-state index in [9.17, 15) is 10.1 Å². The van der Waals surface area contributed by atoms with Gasteiger partial charge in [-0.3, -0.25) is 10.1 Å². The van der Waals surface area contributed by atoms with Crippen molar-refractivity contribution in [3.63, 3.8) is 0 Å². The standard InChI is InChI=1S/C7H13N5O2/c1-7(2,3)12-9-6(8-10-12)4-5-11(13)14/h4-5H2,1-3H3. The molecule has 0 aliphatic carbocycles. The summed E-state index contributed by atoms with van der Waals surface area (Å²) in [5.74, 6) is 0.414. The van der Waals surface area contributed by atoms with Crippen LogP contribution in [0.2, 0.25) is 0 Å². The molecule has 14 heavy (non-hydrogen) atoms. The van der Waals surface area contributed by atoms with Gasteiger partial charge in [-0.25, -0.2) is 0 Å². The van der Waals surface area contributed by atoms with Crippen molar-refractivity contribution >= 4 is 0 Å². The summed E-state index contributed by atoms with van der Waals surface area (Å²) in [6.45, 7) is 5.65. The third kappa shape index (κ3) is 2.75. The van der Waals surface area contributed by atoms with E-state index in [0.29, 0.717) is 5.82 Å². The smallest absolute Gasteiger partial charge is 0.211 e. The predicted molar refractivity (Wildman–Crippen MR) is 48.4 cm³/mol. The van der Waals surface area contributed by atoms with E-state index < -0.39 is 4.92 Å². The van der Waals surface area contributed by atoms with Crippen molar-refractivity contribution in [1.29, 1.82) is 0 Å². The minimum absolute atomic E-state index is 0.157. The maximum atomic E-state index is 10.1. The molecule has 78 valence electrons. The number of aromatic nitrogens is 4. The number of hydrogen-bond acceptors (Lipinski definition) is 5. The zero-order valence-electron chi connectivity index (χ0n) is 8.47. The highest BCUT2D eigenvalue weighted by molar-refractivity contribution is 4.78. The van der Waals surface area contributed by atoms with E-state index in [4.69, 9.17) is 0 Å². The zero-order valence-corrected chi connectivity index (χ0v) is 8.47. The summed E-state index contributed by atoms with van der Waals surface area (Å²) in [5, 5.41) is 21.7. The van der Waals surface area contributed by atoms with Crippen LogP contribution in [0.5, 0.6) is 0 Å². The second kappa shape index (κ2) is 3.69. The molecule has 0 fully saturated rings. The third-order valence-electron chi connectivity index (χ3n) is 1.57. The Labute approximate surface area is 81.3 Å². The van der Waals surface area contributed by atoms with E-state index in [-0.39, 0.29) is 18.5 Å². The van der Waals surface area contributed by atoms with Gasteiger partial charge in [-0.05, 0) is 26.0 Å². The lowest BCUT2D eigenvalue weighted by Gasteiger charge is -2.15. The van der Waals surface area contributed by atoms with Gasteiger partial charge in [0.1, 0.15) is 0 Å². The Kier molecular flexibility index (Phi) is 2.78. The summed E-state index contributed by atoms with van der Waals surface area (Å²) in [7, 11) is 0. The quantitative estimate of drug-likeness (QED) is 0.514. The van der Waals surface area contributed by atoms with E-state index in [1.165, 1.54) is 4.80 Å².